The van der Waals surface area contributed by atoms with Crippen molar-refractivity contribution in [3.8, 4) is 17.0 Å². The highest BCUT2D eigenvalue weighted by molar-refractivity contribution is 5.94. The maximum atomic E-state index is 14.3. The number of alkyl halides is 3. The van der Waals surface area contributed by atoms with E-state index in [9.17, 15) is 22.4 Å². The third kappa shape index (κ3) is 3.22. The fraction of sp³-hybridized carbons (Fsp3) is 0.312. The van der Waals surface area contributed by atoms with Gasteiger partial charge in [-0.3, -0.25) is 0 Å². The Bertz CT molecular complexity index is 778. The van der Waals surface area contributed by atoms with E-state index in [1.807, 2.05) is 0 Å². The molecule has 1 aromatic carbocycles. The summed E-state index contributed by atoms with van der Waals surface area (Å²) in [7, 11) is 1.25. The smallest absolute Gasteiger partial charge is 0.465 e. The van der Waals surface area contributed by atoms with Crippen LogP contribution in [0.2, 0.25) is 0 Å². The lowest BCUT2D eigenvalue weighted by Gasteiger charge is -2.11. The van der Waals surface area contributed by atoms with Gasteiger partial charge in [0.2, 0.25) is 0 Å². The second-order valence-corrected chi connectivity index (χ2v) is 5.45. The van der Waals surface area contributed by atoms with Gasteiger partial charge in [0, 0.05) is 17.8 Å². The minimum absolute atomic E-state index is 0.0709. The number of hydrogen-bond donors (Lipinski definition) is 1. The molecule has 1 aliphatic rings. The van der Waals surface area contributed by atoms with Crippen molar-refractivity contribution in [2.24, 2.45) is 0 Å². The average molecular weight is 343 g/mol. The number of benzene rings is 1. The molecule has 8 heteroatoms. The molecule has 0 atom stereocenters. The quantitative estimate of drug-likeness (QED) is 0.662. The molecule has 0 bridgehead atoms. The Kier molecular flexibility index (Phi) is 3.98. The Morgan fingerprint density at radius 2 is 2.00 bits per heavy atom. The van der Waals surface area contributed by atoms with E-state index in [0.29, 0.717) is 22.9 Å². The molecule has 128 valence electrons. The minimum atomic E-state index is -4.89. The first-order chi connectivity index (χ1) is 11.3. The molecule has 1 saturated carbocycles. The van der Waals surface area contributed by atoms with Crippen molar-refractivity contribution in [3.63, 3.8) is 0 Å². The molecule has 3 rings (SSSR count). The van der Waals surface area contributed by atoms with E-state index in [4.69, 9.17) is 4.74 Å². The number of aromatic amines is 1. The standard InChI is InChI=1S/C16H13F4NO3/c1-23-15(22)11-7-21-14(13(11)8-2-3-8)10-5-4-9(6-12(10)17)24-16(18,19)20/h4-8,21H,2-3H2,1H3. The number of carbonyl (C=O) groups excluding carboxylic acids is 1. The molecule has 1 N–H and O–H groups in total. The molecule has 1 aliphatic carbocycles. The van der Waals surface area contributed by atoms with Crippen molar-refractivity contribution < 1.29 is 31.8 Å². The van der Waals surface area contributed by atoms with Crippen LogP contribution < -0.4 is 4.74 Å². The average Bonchev–Trinajstić information content (AvgIpc) is 3.24. The van der Waals surface area contributed by atoms with Crippen LogP contribution in [0, 0.1) is 5.82 Å². The van der Waals surface area contributed by atoms with Crippen LogP contribution in [-0.4, -0.2) is 24.4 Å². The lowest BCUT2D eigenvalue weighted by molar-refractivity contribution is -0.274. The van der Waals surface area contributed by atoms with Crippen molar-refractivity contribution in [2.45, 2.75) is 25.1 Å². The zero-order valence-electron chi connectivity index (χ0n) is 12.5. The van der Waals surface area contributed by atoms with Gasteiger partial charge in [-0.25, -0.2) is 9.18 Å². The van der Waals surface area contributed by atoms with E-state index < -0.39 is 23.9 Å². The van der Waals surface area contributed by atoms with Crippen molar-refractivity contribution in [1.82, 2.24) is 4.98 Å². The first-order valence-electron chi connectivity index (χ1n) is 7.15. The van der Waals surface area contributed by atoms with Crippen LogP contribution in [0.4, 0.5) is 17.6 Å². The molecule has 0 amide bonds. The summed E-state index contributed by atoms with van der Waals surface area (Å²) < 4.78 is 59.3. The van der Waals surface area contributed by atoms with Crippen LogP contribution in [0.25, 0.3) is 11.3 Å². The highest BCUT2D eigenvalue weighted by Gasteiger charge is 2.34. The summed E-state index contributed by atoms with van der Waals surface area (Å²) in [5, 5.41) is 0. The fourth-order valence-corrected chi connectivity index (χ4v) is 2.63. The highest BCUT2D eigenvalue weighted by atomic mass is 19.4. The lowest BCUT2D eigenvalue weighted by Crippen LogP contribution is -2.17. The van der Waals surface area contributed by atoms with Gasteiger partial charge in [0.25, 0.3) is 0 Å². The predicted octanol–water partition coefficient (Wildman–Crippen LogP) is 4.38. The number of H-pyrrole nitrogens is 1. The van der Waals surface area contributed by atoms with E-state index in [1.54, 1.807) is 0 Å². The van der Waals surface area contributed by atoms with Gasteiger partial charge in [0.05, 0.1) is 18.4 Å². The number of nitrogens with one attached hydrogen (secondary N) is 1. The maximum Gasteiger partial charge on any atom is 0.573 e. The molecule has 2 aromatic rings. The largest absolute Gasteiger partial charge is 0.573 e. The summed E-state index contributed by atoms with van der Waals surface area (Å²) >= 11 is 0. The number of aromatic nitrogens is 1. The second kappa shape index (κ2) is 5.85. The van der Waals surface area contributed by atoms with Crippen LogP contribution in [0.15, 0.2) is 24.4 Å². The summed E-state index contributed by atoms with van der Waals surface area (Å²) in [6, 6.07) is 2.88. The Balaban J connectivity index is 2.00. The summed E-state index contributed by atoms with van der Waals surface area (Å²) in [6.45, 7) is 0. The summed E-state index contributed by atoms with van der Waals surface area (Å²) in [5.41, 5.74) is 1.38. The molecular weight excluding hydrogens is 330 g/mol. The van der Waals surface area contributed by atoms with Gasteiger partial charge < -0.3 is 14.5 Å². The third-order valence-electron chi connectivity index (χ3n) is 3.75. The van der Waals surface area contributed by atoms with Gasteiger partial charge in [0.15, 0.2) is 0 Å². The molecule has 0 unspecified atom stereocenters. The molecule has 0 aliphatic heterocycles. The van der Waals surface area contributed by atoms with Gasteiger partial charge in [-0.2, -0.15) is 0 Å². The molecule has 1 fully saturated rings. The number of halogens is 4. The third-order valence-corrected chi connectivity index (χ3v) is 3.75. The van der Waals surface area contributed by atoms with E-state index in [0.717, 1.165) is 18.9 Å². The predicted molar refractivity (Wildman–Crippen MR) is 76.2 cm³/mol. The number of hydrogen-bond acceptors (Lipinski definition) is 3. The van der Waals surface area contributed by atoms with E-state index >= 15 is 0 Å². The van der Waals surface area contributed by atoms with Crippen LogP contribution in [0.3, 0.4) is 0 Å². The van der Waals surface area contributed by atoms with Gasteiger partial charge >= 0.3 is 12.3 Å². The van der Waals surface area contributed by atoms with Crippen LogP contribution >= 0.6 is 0 Å². The van der Waals surface area contributed by atoms with Gasteiger partial charge in [-0.15, -0.1) is 13.2 Å². The summed E-state index contributed by atoms with van der Waals surface area (Å²) in [5.74, 6) is -1.96. The van der Waals surface area contributed by atoms with Crippen LogP contribution in [0.1, 0.15) is 34.7 Å². The van der Waals surface area contributed by atoms with Crippen molar-refractivity contribution in [1.29, 1.82) is 0 Å². The topological polar surface area (TPSA) is 51.3 Å². The number of rotatable bonds is 4. The Morgan fingerprint density at radius 3 is 2.54 bits per heavy atom. The van der Waals surface area contributed by atoms with E-state index in [1.165, 1.54) is 19.4 Å². The second-order valence-electron chi connectivity index (χ2n) is 5.45. The molecule has 1 heterocycles. The highest BCUT2D eigenvalue weighted by Crippen LogP contribution is 2.46. The van der Waals surface area contributed by atoms with Crippen molar-refractivity contribution in [3.05, 3.63) is 41.3 Å². The van der Waals surface area contributed by atoms with E-state index in [2.05, 4.69) is 9.72 Å². The Hall–Kier alpha value is -2.51. The SMILES string of the molecule is COC(=O)c1c[nH]c(-c2ccc(OC(F)(F)F)cc2F)c1C1CC1. The number of ether oxygens (including phenoxy) is 2. The fourth-order valence-electron chi connectivity index (χ4n) is 2.63. The van der Waals surface area contributed by atoms with Crippen LogP contribution in [0.5, 0.6) is 5.75 Å². The van der Waals surface area contributed by atoms with Gasteiger partial charge in [0.1, 0.15) is 11.6 Å². The number of esters is 1. The molecule has 0 saturated heterocycles. The molecule has 4 nitrogen and oxygen atoms in total. The zero-order chi connectivity index (χ0) is 17.5. The summed E-state index contributed by atoms with van der Waals surface area (Å²) in [4.78, 5) is 14.7. The summed E-state index contributed by atoms with van der Waals surface area (Å²) in [6.07, 6.45) is -1.76. The molecule has 24 heavy (non-hydrogen) atoms. The Morgan fingerprint density at radius 1 is 1.29 bits per heavy atom. The molecule has 0 spiro atoms. The van der Waals surface area contributed by atoms with Gasteiger partial charge in [-0.1, -0.05) is 0 Å². The molecule has 0 radical (unpaired) electrons. The molecular formula is C16H13F4NO3. The normalized spacial score (nSPS) is 14.5. The number of carbonyl (C=O) groups is 1. The first kappa shape index (κ1) is 16.4. The van der Waals surface area contributed by atoms with Crippen LogP contribution in [-0.2, 0) is 4.74 Å². The Labute approximate surface area is 134 Å². The molecule has 1 aromatic heterocycles. The van der Waals surface area contributed by atoms with E-state index in [-0.39, 0.29) is 11.5 Å². The number of methoxy groups -OCH3 is 1. The zero-order valence-corrected chi connectivity index (χ0v) is 12.5. The lowest BCUT2D eigenvalue weighted by atomic mass is 10.0. The van der Waals surface area contributed by atoms with Gasteiger partial charge in [-0.05, 0) is 36.5 Å². The monoisotopic (exact) mass is 343 g/mol. The maximum absolute atomic E-state index is 14.3. The van der Waals surface area contributed by atoms with Crippen molar-refractivity contribution in [2.75, 3.05) is 7.11 Å². The van der Waals surface area contributed by atoms with Crippen molar-refractivity contribution >= 4 is 5.97 Å². The first-order valence-corrected chi connectivity index (χ1v) is 7.15. The minimum Gasteiger partial charge on any atom is -0.465 e.